The van der Waals surface area contributed by atoms with Crippen LogP contribution in [0.1, 0.15) is 34.1 Å². The first-order valence-electron chi connectivity index (χ1n) is 5.36. The third-order valence-corrected chi connectivity index (χ3v) is 3.21. The van der Waals surface area contributed by atoms with E-state index in [1.165, 1.54) is 0 Å². The minimum absolute atomic E-state index is 0.0454. The van der Waals surface area contributed by atoms with Crippen molar-refractivity contribution in [3.63, 3.8) is 0 Å². The van der Waals surface area contributed by atoms with Gasteiger partial charge < -0.3 is 10.6 Å². The lowest BCUT2D eigenvalue weighted by atomic mass is 9.81. The maximum atomic E-state index is 12.0. The Balaban J connectivity index is 2.57. The van der Waals surface area contributed by atoms with E-state index in [0.717, 1.165) is 19.5 Å². The van der Waals surface area contributed by atoms with E-state index in [9.17, 15) is 4.79 Å². The lowest BCUT2D eigenvalue weighted by Gasteiger charge is -2.30. The fraction of sp³-hybridized carbons (Fsp3) is 0.909. The van der Waals surface area contributed by atoms with Gasteiger partial charge >= 0.3 is 0 Å². The minimum atomic E-state index is 0.0454. The molecule has 0 aromatic heterocycles. The van der Waals surface area contributed by atoms with Crippen molar-refractivity contribution >= 4 is 5.91 Å². The van der Waals surface area contributed by atoms with E-state index in [1.807, 2.05) is 11.8 Å². The van der Waals surface area contributed by atoms with Gasteiger partial charge in [-0.05, 0) is 11.8 Å². The molecule has 1 fully saturated rings. The first-order chi connectivity index (χ1) is 6.32. The lowest BCUT2D eigenvalue weighted by Crippen LogP contribution is -2.39. The van der Waals surface area contributed by atoms with Crippen LogP contribution < -0.4 is 5.73 Å². The van der Waals surface area contributed by atoms with Gasteiger partial charge in [-0.2, -0.15) is 0 Å². The van der Waals surface area contributed by atoms with Gasteiger partial charge in [-0.3, -0.25) is 4.79 Å². The Labute approximate surface area is 86.6 Å². The Morgan fingerprint density at radius 2 is 2.07 bits per heavy atom. The molecule has 2 atom stereocenters. The summed E-state index contributed by atoms with van der Waals surface area (Å²) in [6.07, 6.45) is 0.947. The monoisotopic (exact) mass is 198 g/mol. The van der Waals surface area contributed by atoms with Crippen molar-refractivity contribution in [1.82, 2.24) is 4.90 Å². The van der Waals surface area contributed by atoms with Crippen molar-refractivity contribution in [3.05, 3.63) is 0 Å². The second-order valence-electron chi connectivity index (χ2n) is 5.42. The molecule has 3 nitrogen and oxygen atoms in total. The van der Waals surface area contributed by atoms with Crippen LogP contribution in [0, 0.1) is 11.3 Å². The summed E-state index contributed by atoms with van der Waals surface area (Å²) in [5.41, 5.74) is 5.82. The van der Waals surface area contributed by atoms with Crippen LogP contribution in [0.25, 0.3) is 0 Å². The van der Waals surface area contributed by atoms with Crippen molar-refractivity contribution in [2.45, 2.75) is 40.2 Å². The number of nitrogens with two attached hydrogens (primary N) is 1. The topological polar surface area (TPSA) is 46.3 Å². The predicted molar refractivity (Wildman–Crippen MR) is 57.8 cm³/mol. The Kier molecular flexibility index (Phi) is 3.20. The van der Waals surface area contributed by atoms with E-state index >= 15 is 0 Å². The molecule has 1 amide bonds. The molecule has 2 N–H and O–H groups in total. The summed E-state index contributed by atoms with van der Waals surface area (Å²) in [5.74, 6) is 0.332. The molecule has 0 aliphatic carbocycles. The standard InChI is InChI=1S/C11H22N2O/c1-8(11(2,3)4)10(14)13-6-5-9(12)7-13/h8-9H,5-7,12H2,1-4H3. The van der Waals surface area contributed by atoms with E-state index < -0.39 is 0 Å². The van der Waals surface area contributed by atoms with Gasteiger partial charge in [0.05, 0.1) is 0 Å². The molecule has 2 unspecified atom stereocenters. The summed E-state index contributed by atoms with van der Waals surface area (Å²) in [5, 5.41) is 0. The third-order valence-electron chi connectivity index (χ3n) is 3.21. The van der Waals surface area contributed by atoms with Crippen molar-refractivity contribution in [2.75, 3.05) is 13.1 Å². The van der Waals surface area contributed by atoms with Crippen LogP contribution >= 0.6 is 0 Å². The van der Waals surface area contributed by atoms with Crippen molar-refractivity contribution in [3.8, 4) is 0 Å². The zero-order valence-electron chi connectivity index (χ0n) is 9.71. The summed E-state index contributed by atoms with van der Waals surface area (Å²) in [4.78, 5) is 13.9. The molecule has 1 saturated heterocycles. The van der Waals surface area contributed by atoms with Crippen LogP contribution in [0.2, 0.25) is 0 Å². The number of amides is 1. The molecule has 1 heterocycles. The first-order valence-corrected chi connectivity index (χ1v) is 5.36. The molecule has 0 saturated carbocycles. The number of hydrogen-bond acceptors (Lipinski definition) is 2. The molecule has 3 heteroatoms. The maximum absolute atomic E-state index is 12.0. The third kappa shape index (κ3) is 2.47. The van der Waals surface area contributed by atoms with Crippen molar-refractivity contribution < 1.29 is 4.79 Å². The summed E-state index contributed by atoms with van der Waals surface area (Å²) < 4.78 is 0. The molecule has 0 radical (unpaired) electrons. The SMILES string of the molecule is CC(C(=O)N1CCC(N)C1)C(C)(C)C. The van der Waals surface area contributed by atoms with Gasteiger partial charge in [-0.15, -0.1) is 0 Å². The Morgan fingerprint density at radius 3 is 2.43 bits per heavy atom. The van der Waals surface area contributed by atoms with Gasteiger partial charge in [-0.1, -0.05) is 27.7 Å². The van der Waals surface area contributed by atoms with Gasteiger partial charge in [0.2, 0.25) is 5.91 Å². The van der Waals surface area contributed by atoms with Crippen LogP contribution in [-0.2, 0) is 4.79 Å². The van der Waals surface area contributed by atoms with Crippen LogP contribution in [0.5, 0.6) is 0 Å². The Morgan fingerprint density at radius 1 is 1.50 bits per heavy atom. The summed E-state index contributed by atoms with van der Waals surface area (Å²) >= 11 is 0. The highest BCUT2D eigenvalue weighted by molar-refractivity contribution is 5.79. The van der Waals surface area contributed by atoms with E-state index in [-0.39, 0.29) is 23.3 Å². The number of likely N-dealkylation sites (tertiary alicyclic amines) is 1. The lowest BCUT2D eigenvalue weighted by molar-refractivity contribution is -0.137. The Hall–Kier alpha value is -0.570. The second-order valence-corrected chi connectivity index (χ2v) is 5.42. The maximum Gasteiger partial charge on any atom is 0.225 e. The molecular weight excluding hydrogens is 176 g/mol. The molecule has 1 aliphatic heterocycles. The summed E-state index contributed by atoms with van der Waals surface area (Å²) in [6, 6.07) is 0.186. The molecule has 0 aromatic rings. The molecule has 0 spiro atoms. The van der Waals surface area contributed by atoms with Crippen LogP contribution in [0.3, 0.4) is 0 Å². The van der Waals surface area contributed by atoms with Gasteiger partial charge in [-0.25, -0.2) is 0 Å². The second kappa shape index (κ2) is 3.89. The van der Waals surface area contributed by atoms with Gasteiger partial charge in [0, 0.05) is 25.0 Å². The molecule has 82 valence electrons. The highest BCUT2D eigenvalue weighted by atomic mass is 16.2. The highest BCUT2D eigenvalue weighted by Crippen LogP contribution is 2.28. The van der Waals surface area contributed by atoms with E-state index in [1.54, 1.807) is 0 Å². The zero-order chi connectivity index (χ0) is 10.9. The zero-order valence-corrected chi connectivity index (χ0v) is 9.71. The van der Waals surface area contributed by atoms with Crippen LogP contribution in [0.4, 0.5) is 0 Å². The fourth-order valence-corrected chi connectivity index (χ4v) is 1.63. The largest absolute Gasteiger partial charge is 0.341 e. The van der Waals surface area contributed by atoms with Crippen LogP contribution in [-0.4, -0.2) is 29.9 Å². The fourth-order valence-electron chi connectivity index (χ4n) is 1.63. The number of hydrogen-bond donors (Lipinski definition) is 1. The Bertz CT molecular complexity index is 220. The number of rotatable bonds is 1. The summed E-state index contributed by atoms with van der Waals surface area (Å²) in [7, 11) is 0. The first kappa shape index (κ1) is 11.5. The molecule has 0 bridgehead atoms. The van der Waals surface area contributed by atoms with E-state index in [0.29, 0.717) is 0 Å². The van der Waals surface area contributed by atoms with Crippen LogP contribution in [0.15, 0.2) is 0 Å². The quantitative estimate of drug-likeness (QED) is 0.689. The van der Waals surface area contributed by atoms with Crippen molar-refractivity contribution in [1.29, 1.82) is 0 Å². The molecular formula is C11H22N2O. The van der Waals surface area contributed by atoms with Crippen molar-refractivity contribution in [2.24, 2.45) is 17.1 Å². The predicted octanol–water partition coefficient (Wildman–Crippen LogP) is 1.23. The molecule has 14 heavy (non-hydrogen) atoms. The average molecular weight is 198 g/mol. The number of carbonyl (C=O) groups excluding carboxylic acids is 1. The van der Waals surface area contributed by atoms with Gasteiger partial charge in [0.1, 0.15) is 0 Å². The average Bonchev–Trinajstić information content (AvgIpc) is 2.47. The minimum Gasteiger partial charge on any atom is -0.341 e. The number of carbonyl (C=O) groups is 1. The normalized spacial score (nSPS) is 25.2. The van der Waals surface area contributed by atoms with E-state index in [2.05, 4.69) is 20.8 Å². The van der Waals surface area contributed by atoms with E-state index in [4.69, 9.17) is 5.73 Å². The summed E-state index contributed by atoms with van der Waals surface area (Å²) in [6.45, 7) is 9.88. The molecule has 1 rings (SSSR count). The van der Waals surface area contributed by atoms with Gasteiger partial charge in [0.25, 0.3) is 0 Å². The molecule has 0 aromatic carbocycles. The highest BCUT2D eigenvalue weighted by Gasteiger charge is 2.33. The smallest absolute Gasteiger partial charge is 0.225 e. The number of nitrogens with zero attached hydrogens (tertiary/aromatic N) is 1. The van der Waals surface area contributed by atoms with Gasteiger partial charge in [0.15, 0.2) is 0 Å². The molecule has 1 aliphatic rings.